The summed E-state index contributed by atoms with van der Waals surface area (Å²) in [6.07, 6.45) is -4.48. The van der Waals surface area contributed by atoms with Crippen molar-refractivity contribution in [1.82, 2.24) is 0 Å². The first-order chi connectivity index (χ1) is 11.6. The molecule has 0 aliphatic heterocycles. The fraction of sp³-hybridized carbons (Fsp3) is 0.222. The quantitative estimate of drug-likeness (QED) is 0.843. The minimum absolute atomic E-state index is 0.0628. The monoisotopic (exact) mass is 351 g/mol. The van der Waals surface area contributed by atoms with Crippen LogP contribution in [0.25, 0.3) is 0 Å². The number of halogens is 3. The van der Waals surface area contributed by atoms with Crippen LogP contribution in [0.1, 0.15) is 27.0 Å². The third kappa shape index (κ3) is 5.34. The van der Waals surface area contributed by atoms with Crippen LogP contribution in [0.2, 0.25) is 0 Å². The van der Waals surface area contributed by atoms with Gasteiger partial charge < -0.3 is 10.1 Å². The molecule has 132 valence electrons. The summed E-state index contributed by atoms with van der Waals surface area (Å²) >= 11 is 0. The molecule has 0 saturated heterocycles. The summed E-state index contributed by atoms with van der Waals surface area (Å²) < 4.78 is 42.2. The summed E-state index contributed by atoms with van der Waals surface area (Å²) in [5, 5.41) is 2.59. The van der Waals surface area contributed by atoms with Crippen molar-refractivity contribution in [1.29, 1.82) is 0 Å². The van der Waals surface area contributed by atoms with Crippen molar-refractivity contribution in [2.75, 3.05) is 11.9 Å². The predicted molar refractivity (Wildman–Crippen MR) is 86.3 cm³/mol. The molecular weight excluding hydrogens is 335 g/mol. The van der Waals surface area contributed by atoms with Crippen LogP contribution in [-0.2, 0) is 15.7 Å². The van der Waals surface area contributed by atoms with Gasteiger partial charge in [-0.15, -0.1) is 0 Å². The van der Waals surface area contributed by atoms with E-state index in [0.29, 0.717) is 5.69 Å². The van der Waals surface area contributed by atoms with Crippen LogP contribution in [0.5, 0.6) is 0 Å². The minimum Gasteiger partial charge on any atom is -0.452 e. The first-order valence-corrected chi connectivity index (χ1v) is 7.37. The number of nitrogens with one attached hydrogen (secondary N) is 1. The molecule has 2 rings (SSSR count). The Bertz CT molecular complexity index is 763. The fourth-order valence-corrected chi connectivity index (χ4v) is 2.25. The van der Waals surface area contributed by atoms with Crippen LogP contribution in [-0.4, -0.2) is 18.5 Å². The lowest BCUT2D eigenvalue weighted by Crippen LogP contribution is -2.21. The number of carbonyl (C=O) groups excluding carboxylic acids is 2. The summed E-state index contributed by atoms with van der Waals surface area (Å²) in [6, 6.07) is 9.06. The third-order valence-electron chi connectivity index (χ3n) is 3.29. The molecule has 0 unspecified atom stereocenters. The Morgan fingerprint density at radius 3 is 2.08 bits per heavy atom. The van der Waals surface area contributed by atoms with E-state index in [4.69, 9.17) is 4.74 Å². The van der Waals surface area contributed by atoms with Gasteiger partial charge in [-0.3, -0.25) is 4.79 Å². The van der Waals surface area contributed by atoms with Gasteiger partial charge in [-0.2, -0.15) is 13.2 Å². The molecule has 0 fully saturated rings. The van der Waals surface area contributed by atoms with Gasteiger partial charge in [0.2, 0.25) is 0 Å². The Morgan fingerprint density at radius 2 is 1.56 bits per heavy atom. The largest absolute Gasteiger partial charge is 0.452 e. The van der Waals surface area contributed by atoms with E-state index in [1.165, 1.54) is 0 Å². The van der Waals surface area contributed by atoms with E-state index in [1.54, 1.807) is 12.1 Å². The zero-order valence-electron chi connectivity index (χ0n) is 13.6. The van der Waals surface area contributed by atoms with Crippen molar-refractivity contribution in [3.63, 3.8) is 0 Å². The molecule has 0 radical (unpaired) electrons. The zero-order valence-corrected chi connectivity index (χ0v) is 13.6. The Hall–Kier alpha value is -2.83. The number of amides is 1. The average molecular weight is 351 g/mol. The minimum atomic E-state index is -4.48. The molecule has 0 heterocycles. The molecule has 0 aliphatic carbocycles. The van der Waals surface area contributed by atoms with Crippen LogP contribution < -0.4 is 5.32 Å². The van der Waals surface area contributed by atoms with Crippen LogP contribution in [0.15, 0.2) is 42.5 Å². The van der Waals surface area contributed by atoms with Gasteiger partial charge in [0.1, 0.15) is 0 Å². The molecule has 7 heteroatoms. The van der Waals surface area contributed by atoms with Crippen LogP contribution in [0, 0.1) is 13.8 Å². The SMILES string of the molecule is Cc1cc(C)cc(NC(=O)COC(=O)c2ccc(C(F)(F)F)cc2)c1. The van der Waals surface area contributed by atoms with Gasteiger partial charge in [-0.05, 0) is 61.4 Å². The zero-order chi connectivity index (χ0) is 18.6. The van der Waals surface area contributed by atoms with Crippen molar-refractivity contribution in [2.24, 2.45) is 0 Å². The van der Waals surface area contributed by atoms with E-state index in [2.05, 4.69) is 5.32 Å². The summed E-state index contributed by atoms with van der Waals surface area (Å²) in [4.78, 5) is 23.6. The van der Waals surface area contributed by atoms with Crippen LogP contribution in [0.3, 0.4) is 0 Å². The Balaban J connectivity index is 1.91. The highest BCUT2D eigenvalue weighted by atomic mass is 19.4. The third-order valence-corrected chi connectivity index (χ3v) is 3.29. The second-order valence-corrected chi connectivity index (χ2v) is 5.58. The van der Waals surface area contributed by atoms with Crippen molar-refractivity contribution in [3.05, 3.63) is 64.7 Å². The van der Waals surface area contributed by atoms with Crippen molar-refractivity contribution in [3.8, 4) is 0 Å². The number of benzene rings is 2. The number of hydrogen-bond donors (Lipinski definition) is 1. The summed E-state index contributed by atoms with van der Waals surface area (Å²) in [5.74, 6) is -1.41. The van der Waals surface area contributed by atoms with Gasteiger partial charge in [-0.25, -0.2) is 4.79 Å². The lowest BCUT2D eigenvalue weighted by Gasteiger charge is -2.09. The van der Waals surface area contributed by atoms with Gasteiger partial charge in [-0.1, -0.05) is 6.07 Å². The standard InChI is InChI=1S/C18H16F3NO3/c1-11-7-12(2)9-15(8-11)22-16(23)10-25-17(24)13-3-5-14(6-4-13)18(19,20)21/h3-9H,10H2,1-2H3,(H,22,23). The van der Waals surface area contributed by atoms with E-state index in [1.807, 2.05) is 19.9 Å². The Kier molecular flexibility index (Phi) is 5.46. The average Bonchev–Trinajstić information content (AvgIpc) is 2.51. The van der Waals surface area contributed by atoms with Gasteiger partial charge in [0, 0.05) is 5.69 Å². The van der Waals surface area contributed by atoms with Gasteiger partial charge in [0.25, 0.3) is 5.91 Å². The second kappa shape index (κ2) is 7.38. The van der Waals surface area contributed by atoms with Crippen LogP contribution >= 0.6 is 0 Å². The van der Waals surface area contributed by atoms with Crippen molar-refractivity contribution in [2.45, 2.75) is 20.0 Å². The molecule has 0 bridgehead atoms. The molecule has 0 aromatic heterocycles. The number of anilines is 1. The maximum atomic E-state index is 12.5. The van der Waals surface area contributed by atoms with Gasteiger partial charge in [0.15, 0.2) is 6.61 Å². The predicted octanol–water partition coefficient (Wildman–Crippen LogP) is 4.12. The van der Waals surface area contributed by atoms with E-state index in [9.17, 15) is 22.8 Å². The molecule has 25 heavy (non-hydrogen) atoms. The molecule has 1 N–H and O–H groups in total. The molecule has 0 saturated carbocycles. The molecule has 1 amide bonds. The first kappa shape index (κ1) is 18.5. The topological polar surface area (TPSA) is 55.4 Å². The molecule has 2 aromatic rings. The normalized spacial score (nSPS) is 11.1. The maximum Gasteiger partial charge on any atom is 0.416 e. The lowest BCUT2D eigenvalue weighted by atomic mass is 10.1. The van der Waals surface area contributed by atoms with E-state index >= 15 is 0 Å². The smallest absolute Gasteiger partial charge is 0.416 e. The number of hydrogen-bond acceptors (Lipinski definition) is 3. The van der Waals surface area contributed by atoms with Gasteiger partial charge in [0.05, 0.1) is 11.1 Å². The molecule has 0 aliphatic rings. The fourth-order valence-electron chi connectivity index (χ4n) is 2.25. The summed E-state index contributed by atoms with van der Waals surface area (Å²) in [6.45, 7) is 3.23. The first-order valence-electron chi connectivity index (χ1n) is 7.37. The lowest BCUT2D eigenvalue weighted by molar-refractivity contribution is -0.137. The van der Waals surface area contributed by atoms with Crippen molar-refractivity contribution >= 4 is 17.6 Å². The highest BCUT2D eigenvalue weighted by Gasteiger charge is 2.30. The number of carbonyl (C=O) groups is 2. The van der Waals surface area contributed by atoms with E-state index in [0.717, 1.165) is 35.4 Å². The number of aryl methyl sites for hydroxylation is 2. The summed E-state index contributed by atoms with van der Waals surface area (Å²) in [5.41, 5.74) is 1.59. The van der Waals surface area contributed by atoms with Gasteiger partial charge >= 0.3 is 12.1 Å². The molecule has 0 spiro atoms. The highest BCUT2D eigenvalue weighted by molar-refractivity contribution is 5.95. The summed E-state index contributed by atoms with van der Waals surface area (Å²) in [7, 11) is 0. The van der Waals surface area contributed by atoms with E-state index in [-0.39, 0.29) is 5.56 Å². The highest BCUT2D eigenvalue weighted by Crippen LogP contribution is 2.29. The molecule has 2 aromatic carbocycles. The molecule has 0 atom stereocenters. The Labute approximate surface area is 142 Å². The number of ether oxygens (including phenoxy) is 1. The number of esters is 1. The molecule has 4 nitrogen and oxygen atoms in total. The maximum absolute atomic E-state index is 12.5. The Morgan fingerprint density at radius 1 is 1.00 bits per heavy atom. The number of rotatable bonds is 4. The van der Waals surface area contributed by atoms with Crippen LogP contribution in [0.4, 0.5) is 18.9 Å². The molecular formula is C18H16F3NO3. The van der Waals surface area contributed by atoms with Crippen molar-refractivity contribution < 1.29 is 27.5 Å². The second-order valence-electron chi connectivity index (χ2n) is 5.58. The van der Waals surface area contributed by atoms with E-state index < -0.39 is 30.2 Å². The number of alkyl halides is 3.